The van der Waals surface area contributed by atoms with E-state index in [9.17, 15) is 14.1 Å². The van der Waals surface area contributed by atoms with E-state index in [0.717, 1.165) is 89.1 Å². The number of thiophene rings is 1. The number of aromatic amines is 1. The maximum Gasteiger partial charge on any atom is 0.180 e. The molecule has 1 fully saturated rings. The van der Waals surface area contributed by atoms with Crippen LogP contribution in [-0.2, 0) is 17.2 Å². The highest BCUT2D eigenvalue weighted by atomic mass is 32.2. The molecule has 1 aliphatic heterocycles. The lowest BCUT2D eigenvalue weighted by atomic mass is 9.60. The lowest BCUT2D eigenvalue weighted by molar-refractivity contribution is 0.0945. The van der Waals surface area contributed by atoms with Gasteiger partial charge >= 0.3 is 0 Å². The highest BCUT2D eigenvalue weighted by Gasteiger charge is 2.48. The molecular formula is C50H58N2O3S3. The molecule has 0 radical (unpaired) electrons. The van der Waals surface area contributed by atoms with E-state index in [0.29, 0.717) is 35.8 Å². The monoisotopic (exact) mass is 830 g/mol. The summed E-state index contributed by atoms with van der Waals surface area (Å²) in [5.74, 6) is 8.09. The molecule has 7 aromatic rings. The van der Waals surface area contributed by atoms with Crippen LogP contribution in [0, 0.1) is 47.3 Å². The van der Waals surface area contributed by atoms with Gasteiger partial charge in [0.15, 0.2) is 5.78 Å². The fraction of sp³-hybridized carbons (Fsp3) is 0.560. The van der Waals surface area contributed by atoms with Gasteiger partial charge in [-0.05, 0) is 137 Å². The number of hydrogen-bond acceptors (Lipinski definition) is 6. The number of rotatable bonds is 13. The molecule has 3 aromatic heterocycles. The zero-order chi connectivity index (χ0) is 40.0. The lowest BCUT2D eigenvalue weighted by Gasteiger charge is -2.45. The highest BCUT2D eigenvalue weighted by molar-refractivity contribution is 7.99. The van der Waals surface area contributed by atoms with Crippen molar-refractivity contribution in [3.63, 3.8) is 0 Å². The molecule has 1 saturated carbocycles. The van der Waals surface area contributed by atoms with E-state index in [4.69, 9.17) is 4.98 Å². The second kappa shape index (κ2) is 13.8. The van der Waals surface area contributed by atoms with Crippen LogP contribution in [0.1, 0.15) is 127 Å². The third kappa shape index (κ3) is 5.28. The Kier molecular flexibility index (Phi) is 9.04. The molecule has 3 aliphatic carbocycles. The SMILES string of the molecule is CCC(C)CC(C)C1CCC(C2C3=c4c5c(sc6cnc7c(CCC(CSCC(C)C)C(C)C)c8c(O)cc9[nH]c%10c%11c(c4c(c7c65)c8c9%11)C2CC%10=O)S(=O)C3)CC1. The summed E-state index contributed by atoms with van der Waals surface area (Å²) >= 11 is 3.77. The van der Waals surface area contributed by atoms with E-state index >= 15 is 0 Å². The number of aromatic hydroxyl groups is 1. The van der Waals surface area contributed by atoms with Crippen molar-refractivity contribution in [2.45, 2.75) is 116 Å². The quantitative estimate of drug-likeness (QED) is 0.0893. The van der Waals surface area contributed by atoms with Crippen LogP contribution in [0.3, 0.4) is 0 Å². The van der Waals surface area contributed by atoms with E-state index in [-0.39, 0.29) is 23.4 Å². The minimum atomic E-state index is -1.15. The predicted octanol–water partition coefficient (Wildman–Crippen LogP) is 12.7. The third-order valence-corrected chi connectivity index (χ3v) is 20.4. The van der Waals surface area contributed by atoms with Crippen LogP contribution in [0.15, 0.2) is 16.5 Å². The molecule has 304 valence electrons. The second-order valence-electron chi connectivity index (χ2n) is 20.1. The summed E-state index contributed by atoms with van der Waals surface area (Å²) in [4.78, 5) is 23.5. The first-order chi connectivity index (χ1) is 28.0. The summed E-state index contributed by atoms with van der Waals surface area (Å²) in [5.41, 5.74) is 6.46. The predicted molar refractivity (Wildman–Crippen MR) is 248 cm³/mol. The van der Waals surface area contributed by atoms with Gasteiger partial charge in [-0.3, -0.25) is 14.0 Å². The third-order valence-electron chi connectivity index (χ3n) is 15.9. The van der Waals surface area contributed by atoms with Crippen LogP contribution < -0.4 is 5.22 Å². The number of phenols is 1. The van der Waals surface area contributed by atoms with Gasteiger partial charge in [0.1, 0.15) is 9.96 Å². The smallest absolute Gasteiger partial charge is 0.180 e. The number of Topliss-reactive ketones (excluding diaryl/α,β-unsaturated/α-hetero) is 1. The number of nitrogens with zero attached hydrogens (tertiary/aromatic N) is 1. The number of hydrogen-bond donors (Lipinski definition) is 2. The number of carbonyl (C=O) groups excluding carboxylic acids is 1. The van der Waals surface area contributed by atoms with Crippen molar-refractivity contribution in [3.05, 3.63) is 34.3 Å². The molecule has 2 N–H and O–H groups in total. The Balaban J connectivity index is 1.17. The maximum absolute atomic E-state index is 14.7. The number of benzene rings is 4. The fourth-order valence-corrected chi connectivity index (χ4v) is 17.3. The maximum atomic E-state index is 14.7. The normalized spacial score (nSPS) is 24.9. The molecule has 4 heterocycles. The van der Waals surface area contributed by atoms with Crippen LogP contribution >= 0.6 is 23.1 Å². The van der Waals surface area contributed by atoms with Crippen LogP contribution in [0.25, 0.3) is 69.8 Å². The number of nitrogens with one attached hydrogen (secondary N) is 1. The van der Waals surface area contributed by atoms with Crippen molar-refractivity contribution < 1.29 is 14.1 Å². The van der Waals surface area contributed by atoms with E-state index in [1.807, 2.05) is 6.07 Å². The van der Waals surface area contributed by atoms with Crippen molar-refractivity contribution in [2.24, 2.45) is 47.3 Å². The van der Waals surface area contributed by atoms with Gasteiger partial charge in [-0.15, -0.1) is 11.3 Å². The molecule has 6 atom stereocenters. The largest absolute Gasteiger partial charge is 0.507 e. The Morgan fingerprint density at radius 3 is 2.47 bits per heavy atom. The topological polar surface area (TPSA) is 83.1 Å². The van der Waals surface area contributed by atoms with Gasteiger partial charge in [0.05, 0.1) is 38.0 Å². The summed E-state index contributed by atoms with van der Waals surface area (Å²) in [7, 11) is -1.15. The molecule has 58 heavy (non-hydrogen) atoms. The number of H-pyrrole nitrogens is 1. The van der Waals surface area contributed by atoms with E-state index in [1.165, 1.54) is 87.6 Å². The van der Waals surface area contributed by atoms with Gasteiger partial charge < -0.3 is 10.1 Å². The molecule has 5 nitrogen and oxygen atoms in total. The van der Waals surface area contributed by atoms with Crippen LogP contribution in [0.5, 0.6) is 5.75 Å². The van der Waals surface area contributed by atoms with Gasteiger partial charge in [-0.1, -0.05) is 54.9 Å². The molecular weight excluding hydrogens is 773 g/mol. The number of thioether (sulfide) groups is 1. The summed E-state index contributed by atoms with van der Waals surface area (Å²) in [6, 6.07) is 1.91. The lowest BCUT2D eigenvalue weighted by Crippen LogP contribution is -2.39. The molecule has 6 unspecified atom stereocenters. The van der Waals surface area contributed by atoms with E-state index in [1.54, 1.807) is 11.3 Å². The molecule has 0 saturated heterocycles. The Hall–Kier alpha value is -2.94. The molecule has 0 spiro atoms. The minimum absolute atomic E-state index is 0.0691. The van der Waals surface area contributed by atoms with Crippen molar-refractivity contribution in [1.29, 1.82) is 0 Å². The first kappa shape index (κ1) is 38.0. The number of aromatic nitrogens is 2. The first-order valence-electron chi connectivity index (χ1n) is 22.6. The summed E-state index contributed by atoms with van der Waals surface area (Å²) < 4.78 is 16.8. The van der Waals surface area contributed by atoms with Crippen molar-refractivity contribution >= 4 is 109 Å². The van der Waals surface area contributed by atoms with Crippen molar-refractivity contribution in [3.8, 4) is 5.75 Å². The number of ketones is 1. The number of phenolic OH excluding ortho intramolecular Hbond substituents is 1. The van der Waals surface area contributed by atoms with Crippen molar-refractivity contribution in [1.82, 2.24) is 9.97 Å². The summed E-state index contributed by atoms with van der Waals surface area (Å²) in [5, 5.41) is 24.0. The number of pyridine rings is 1. The Morgan fingerprint density at radius 1 is 0.948 bits per heavy atom. The van der Waals surface area contributed by atoms with Crippen LogP contribution in [-0.4, -0.2) is 42.3 Å². The molecule has 4 aromatic carbocycles. The molecule has 0 amide bonds. The summed E-state index contributed by atoms with van der Waals surface area (Å²) in [6.07, 6.45) is 11.8. The summed E-state index contributed by atoms with van der Waals surface area (Å²) in [6.45, 7) is 16.5. The van der Waals surface area contributed by atoms with Crippen LogP contribution in [0.4, 0.5) is 0 Å². The van der Waals surface area contributed by atoms with Gasteiger partial charge in [0.25, 0.3) is 0 Å². The zero-order valence-electron chi connectivity index (χ0n) is 35.3. The Bertz CT molecular complexity index is 2870. The first-order valence-corrected chi connectivity index (χ1v) is 25.8. The minimum Gasteiger partial charge on any atom is -0.507 e. The number of carbonyl (C=O) groups is 1. The Morgan fingerprint density at radius 2 is 1.72 bits per heavy atom. The van der Waals surface area contributed by atoms with E-state index < -0.39 is 10.8 Å². The van der Waals surface area contributed by atoms with Gasteiger partial charge in [0.2, 0.25) is 0 Å². The molecule has 0 bridgehead atoms. The average molecular weight is 831 g/mol. The van der Waals surface area contributed by atoms with Gasteiger partial charge in [-0.25, -0.2) is 0 Å². The standard InChI is InChI=1S/C50H58N2O3S3/c1-8-24(6)15-25(7)26-9-11-27(12-10-26)36-30-16-34(54)49-45-38(30)43-39-31(36)21-58(55)50-47(39)41-35(57-50)18-51-48-29(14-13-28(23(4)5)20-56-19-22(2)3)37-33(53)17-32(52-49)40(45)42(37)44(43)46(41)48/h17-18,22-28,30,36,52-53H,8-16,19-21H2,1-7H3. The van der Waals surface area contributed by atoms with Gasteiger partial charge in [0, 0.05) is 61.8 Å². The van der Waals surface area contributed by atoms with Crippen LogP contribution in [0.2, 0.25) is 0 Å². The fourth-order valence-electron chi connectivity index (χ4n) is 13.0. The van der Waals surface area contributed by atoms with Gasteiger partial charge in [-0.2, -0.15) is 11.8 Å². The van der Waals surface area contributed by atoms with Crippen molar-refractivity contribution in [2.75, 3.05) is 17.3 Å². The average Bonchev–Trinajstić information content (AvgIpc) is 3.79. The molecule has 8 heteroatoms. The Labute approximate surface area is 352 Å². The highest BCUT2D eigenvalue weighted by Crippen LogP contribution is 2.60. The molecule has 4 aliphatic rings. The van der Waals surface area contributed by atoms with E-state index in [2.05, 4.69) is 71.4 Å². The second-order valence-corrected chi connectivity index (χ2v) is 23.9. The number of aryl methyl sites for hydroxylation is 1. The molecule has 11 rings (SSSR count). The zero-order valence-corrected chi connectivity index (χ0v) is 37.7.